The second-order valence-electron chi connectivity index (χ2n) is 7.42. The number of rotatable bonds is 5. The Bertz CT molecular complexity index is 1390. The van der Waals surface area contributed by atoms with E-state index in [4.69, 9.17) is 4.98 Å². The zero-order chi connectivity index (χ0) is 21.5. The molecule has 0 aliphatic carbocycles. The van der Waals surface area contributed by atoms with Crippen LogP contribution in [0.1, 0.15) is 11.1 Å². The fourth-order valence-electron chi connectivity index (χ4n) is 3.60. The lowest BCUT2D eigenvalue weighted by atomic mass is 10.0. The largest absolute Gasteiger partial charge is 0.386 e. The Morgan fingerprint density at radius 1 is 0.903 bits per heavy atom. The van der Waals surface area contributed by atoms with Crippen molar-refractivity contribution in [1.29, 1.82) is 0 Å². The third-order valence-electron chi connectivity index (χ3n) is 5.23. The average molecular weight is 457 g/mol. The molecule has 0 aliphatic rings. The number of halogens is 1. The van der Waals surface area contributed by atoms with Crippen molar-refractivity contribution in [2.24, 2.45) is 0 Å². The fraction of sp³-hybridized carbons (Fsp3) is 0.174. The number of aryl methyl sites for hydroxylation is 2. The molecular weight excluding hydrogens is 432 g/mol. The zero-order valence-electron chi connectivity index (χ0n) is 17.8. The topological polar surface area (TPSA) is 83.1 Å². The summed E-state index contributed by atoms with van der Waals surface area (Å²) in [7, 11) is -1.54. The number of hydrogen-bond donors (Lipinski definition) is 3. The second-order valence-corrected chi connectivity index (χ2v) is 9.17. The summed E-state index contributed by atoms with van der Waals surface area (Å²) >= 11 is 0. The molecule has 1 heterocycles. The first-order chi connectivity index (χ1) is 14.3. The van der Waals surface area contributed by atoms with Crippen molar-refractivity contribution in [3.8, 4) is 0 Å². The predicted octanol–water partition coefficient (Wildman–Crippen LogP) is 5.58. The molecule has 3 N–H and O–H groups in total. The predicted molar refractivity (Wildman–Crippen MR) is 134 cm³/mol. The van der Waals surface area contributed by atoms with Crippen molar-refractivity contribution in [2.75, 3.05) is 28.7 Å². The first kappa shape index (κ1) is 22.7. The van der Waals surface area contributed by atoms with E-state index < -0.39 is 10.0 Å². The molecule has 3 aromatic carbocycles. The van der Waals surface area contributed by atoms with Gasteiger partial charge in [-0.05, 0) is 49.2 Å². The van der Waals surface area contributed by atoms with E-state index in [0.717, 1.165) is 50.7 Å². The summed E-state index contributed by atoms with van der Waals surface area (Å²) in [5.41, 5.74) is 7.34. The molecule has 0 fully saturated rings. The Hall–Kier alpha value is -3.03. The number of para-hydroxylation sites is 1. The van der Waals surface area contributed by atoms with Gasteiger partial charge in [0.15, 0.2) is 0 Å². The molecule has 0 bridgehead atoms. The van der Waals surface area contributed by atoms with Crippen LogP contribution in [0.2, 0.25) is 0 Å². The van der Waals surface area contributed by atoms with E-state index in [9.17, 15) is 8.42 Å². The molecule has 0 atom stereocenters. The molecule has 6 nitrogen and oxygen atoms in total. The highest BCUT2D eigenvalue weighted by Crippen LogP contribution is 2.37. The van der Waals surface area contributed by atoms with Crippen LogP contribution in [0.3, 0.4) is 0 Å². The van der Waals surface area contributed by atoms with Crippen molar-refractivity contribution in [1.82, 2.24) is 4.98 Å². The number of hydrogen-bond acceptors (Lipinski definition) is 5. The lowest BCUT2D eigenvalue weighted by Crippen LogP contribution is -2.10. The van der Waals surface area contributed by atoms with E-state index in [0.29, 0.717) is 5.69 Å². The first-order valence-corrected chi connectivity index (χ1v) is 11.5. The lowest BCUT2D eigenvalue weighted by molar-refractivity contribution is 0.607. The van der Waals surface area contributed by atoms with Gasteiger partial charge < -0.3 is 10.6 Å². The van der Waals surface area contributed by atoms with Crippen LogP contribution in [0.25, 0.3) is 21.8 Å². The molecular formula is C23H25ClN4O2S. The van der Waals surface area contributed by atoms with Crippen LogP contribution < -0.4 is 15.4 Å². The number of fused-ring (bicyclic) bond motifs is 2. The highest BCUT2D eigenvalue weighted by molar-refractivity contribution is 7.92. The molecule has 31 heavy (non-hydrogen) atoms. The van der Waals surface area contributed by atoms with Gasteiger partial charge in [0.1, 0.15) is 0 Å². The van der Waals surface area contributed by atoms with E-state index in [1.165, 1.54) is 5.56 Å². The first-order valence-electron chi connectivity index (χ1n) is 9.62. The Balaban J connectivity index is 0.00000272. The molecule has 0 aliphatic heterocycles. The minimum Gasteiger partial charge on any atom is -0.386 e. The summed E-state index contributed by atoms with van der Waals surface area (Å²) in [4.78, 5) is 4.91. The number of nitrogens with one attached hydrogen (secondary N) is 3. The van der Waals surface area contributed by atoms with Gasteiger partial charge in [0.25, 0.3) is 0 Å². The van der Waals surface area contributed by atoms with Crippen LogP contribution in [-0.2, 0) is 10.0 Å². The number of pyridine rings is 1. The average Bonchev–Trinajstić information content (AvgIpc) is 2.70. The van der Waals surface area contributed by atoms with E-state index in [-0.39, 0.29) is 12.4 Å². The standard InChI is InChI=1S/C23H24N4O2S.ClH/c1-14-9-11-18-22(15(14)2)25-19-8-6-5-7-17(19)23(18)26-20-12-10-16(13-21(20)24-3)27-30(4,28)29;/h5-13,24,27H,1-4H3,(H,25,26);1H. The summed E-state index contributed by atoms with van der Waals surface area (Å²) < 4.78 is 25.7. The molecule has 8 heteroatoms. The molecule has 0 radical (unpaired) electrons. The van der Waals surface area contributed by atoms with Crippen LogP contribution in [0.4, 0.5) is 22.7 Å². The summed E-state index contributed by atoms with van der Waals surface area (Å²) in [6.07, 6.45) is 1.14. The minimum absolute atomic E-state index is 0. The smallest absolute Gasteiger partial charge is 0.229 e. The molecule has 162 valence electrons. The van der Waals surface area contributed by atoms with Crippen LogP contribution in [0.15, 0.2) is 54.6 Å². The van der Waals surface area contributed by atoms with Gasteiger partial charge in [0, 0.05) is 17.8 Å². The third-order valence-corrected chi connectivity index (χ3v) is 5.84. The fourth-order valence-corrected chi connectivity index (χ4v) is 4.16. The number of nitrogens with zero attached hydrogens (tertiary/aromatic N) is 1. The highest BCUT2D eigenvalue weighted by atomic mass is 35.5. The number of anilines is 4. The normalized spacial score (nSPS) is 11.2. The Kier molecular flexibility index (Phi) is 6.29. The van der Waals surface area contributed by atoms with E-state index in [1.807, 2.05) is 24.3 Å². The van der Waals surface area contributed by atoms with Gasteiger partial charge in [0.05, 0.1) is 40.0 Å². The van der Waals surface area contributed by atoms with Gasteiger partial charge in [-0.2, -0.15) is 0 Å². The Morgan fingerprint density at radius 3 is 2.35 bits per heavy atom. The maximum atomic E-state index is 11.6. The van der Waals surface area contributed by atoms with Crippen molar-refractivity contribution in [3.05, 3.63) is 65.7 Å². The van der Waals surface area contributed by atoms with Crippen molar-refractivity contribution >= 4 is 67.0 Å². The Labute approximate surface area is 188 Å². The monoisotopic (exact) mass is 456 g/mol. The second kappa shape index (κ2) is 8.61. The number of aromatic nitrogens is 1. The van der Waals surface area contributed by atoms with Crippen LogP contribution in [0, 0.1) is 13.8 Å². The van der Waals surface area contributed by atoms with Gasteiger partial charge in [0.2, 0.25) is 10.0 Å². The van der Waals surface area contributed by atoms with Gasteiger partial charge in [-0.15, -0.1) is 12.4 Å². The minimum atomic E-state index is -3.35. The third kappa shape index (κ3) is 4.52. The van der Waals surface area contributed by atoms with Crippen molar-refractivity contribution in [3.63, 3.8) is 0 Å². The lowest BCUT2D eigenvalue weighted by Gasteiger charge is -2.18. The molecule has 4 aromatic rings. The SMILES string of the molecule is CNc1cc(NS(C)(=O)=O)ccc1Nc1c2ccccc2nc2c(C)c(C)ccc12.Cl. The van der Waals surface area contributed by atoms with E-state index in [1.54, 1.807) is 19.2 Å². The number of sulfonamides is 1. The molecule has 1 aromatic heterocycles. The van der Waals surface area contributed by atoms with Gasteiger partial charge in [-0.1, -0.05) is 30.3 Å². The summed E-state index contributed by atoms with van der Waals surface area (Å²) in [5.74, 6) is 0. The quantitative estimate of drug-likeness (QED) is 0.341. The molecule has 0 saturated carbocycles. The highest BCUT2D eigenvalue weighted by Gasteiger charge is 2.14. The zero-order valence-corrected chi connectivity index (χ0v) is 19.4. The van der Waals surface area contributed by atoms with E-state index in [2.05, 4.69) is 47.4 Å². The van der Waals surface area contributed by atoms with Gasteiger partial charge in [-0.3, -0.25) is 4.72 Å². The summed E-state index contributed by atoms with van der Waals surface area (Å²) in [5, 5.41) is 8.77. The summed E-state index contributed by atoms with van der Waals surface area (Å²) in [6, 6.07) is 17.6. The van der Waals surface area contributed by atoms with Crippen molar-refractivity contribution < 1.29 is 8.42 Å². The van der Waals surface area contributed by atoms with Gasteiger partial charge >= 0.3 is 0 Å². The maximum absolute atomic E-state index is 11.6. The molecule has 0 amide bonds. The van der Waals surface area contributed by atoms with Crippen LogP contribution in [-0.4, -0.2) is 26.7 Å². The molecule has 4 rings (SSSR count). The number of benzene rings is 3. The van der Waals surface area contributed by atoms with Gasteiger partial charge in [-0.25, -0.2) is 13.4 Å². The Morgan fingerprint density at radius 2 is 1.65 bits per heavy atom. The van der Waals surface area contributed by atoms with Crippen LogP contribution in [0.5, 0.6) is 0 Å². The molecule has 0 unspecified atom stereocenters. The van der Waals surface area contributed by atoms with Crippen LogP contribution >= 0.6 is 12.4 Å². The molecule has 0 saturated heterocycles. The summed E-state index contributed by atoms with van der Waals surface area (Å²) in [6.45, 7) is 4.18. The van der Waals surface area contributed by atoms with Crippen molar-refractivity contribution in [2.45, 2.75) is 13.8 Å². The maximum Gasteiger partial charge on any atom is 0.229 e. The molecule has 0 spiro atoms. The van der Waals surface area contributed by atoms with E-state index >= 15 is 0 Å².